The quantitative estimate of drug-likeness (QED) is 0.153. The van der Waals surface area contributed by atoms with Crippen LogP contribution in [0.4, 0.5) is 13.6 Å². The van der Waals surface area contributed by atoms with Crippen molar-refractivity contribution in [2.75, 3.05) is 7.11 Å². The molecule has 7 N–H and O–H groups in total. The van der Waals surface area contributed by atoms with Crippen LogP contribution in [-0.4, -0.2) is 55.6 Å². The Balaban J connectivity index is 1.47. The first-order valence-electron chi connectivity index (χ1n) is 13.7. The number of hydrogen-bond acceptors (Lipinski definition) is 9. The fourth-order valence-electron chi connectivity index (χ4n) is 4.57. The Bertz CT molecular complexity index is 1860. The van der Waals surface area contributed by atoms with Gasteiger partial charge < -0.3 is 27.3 Å². The van der Waals surface area contributed by atoms with Crippen molar-refractivity contribution in [3.8, 4) is 0 Å². The third-order valence-electron chi connectivity index (χ3n) is 6.86. The second-order valence-electron chi connectivity index (χ2n) is 10.2. The van der Waals surface area contributed by atoms with E-state index in [1.54, 1.807) is 24.3 Å². The monoisotopic (exact) mass is 616 g/mol. The van der Waals surface area contributed by atoms with Gasteiger partial charge in [0, 0.05) is 24.7 Å². The Hall–Kier alpha value is -5.86. The number of hydrogen-bond donors (Lipinski definition) is 4. The molecular formula is C30H30F2N10O3. The fourth-order valence-corrected chi connectivity index (χ4v) is 4.57. The maximum Gasteiger partial charge on any atom is 0.414 e. The van der Waals surface area contributed by atoms with Gasteiger partial charge in [-0.1, -0.05) is 24.8 Å². The van der Waals surface area contributed by atoms with Gasteiger partial charge in [-0.05, 0) is 42.2 Å². The average Bonchev–Trinajstić information content (AvgIpc) is 3.76. The summed E-state index contributed by atoms with van der Waals surface area (Å²) in [6.07, 6.45) is 3.42. The van der Waals surface area contributed by atoms with Gasteiger partial charge in [0.05, 0.1) is 31.1 Å². The number of aromatic nitrogens is 4. The number of nitrogens with zero attached hydrogens (tertiary/aromatic N) is 6. The number of amidine groups is 1. The van der Waals surface area contributed by atoms with Crippen molar-refractivity contribution >= 4 is 34.7 Å². The minimum absolute atomic E-state index is 0.0465. The Morgan fingerprint density at radius 3 is 2.60 bits per heavy atom. The molecule has 3 aromatic heterocycles. The van der Waals surface area contributed by atoms with E-state index in [0.29, 0.717) is 22.3 Å². The number of fused-ring (bicyclic) bond motifs is 1. The Labute approximate surface area is 256 Å². The smallest absolute Gasteiger partial charge is 0.414 e. The summed E-state index contributed by atoms with van der Waals surface area (Å²) in [4.78, 5) is 39.1. The highest BCUT2D eigenvalue weighted by molar-refractivity contribution is 6.02. The minimum atomic E-state index is -0.883. The van der Waals surface area contributed by atoms with Gasteiger partial charge in [0.1, 0.15) is 40.2 Å². The molecule has 5 rings (SSSR count). The van der Waals surface area contributed by atoms with Crippen molar-refractivity contribution < 1.29 is 23.1 Å². The first-order chi connectivity index (χ1) is 21.5. The fraction of sp³-hybridized carbons (Fsp3) is 0.200. The van der Waals surface area contributed by atoms with Crippen molar-refractivity contribution in [3.63, 3.8) is 0 Å². The maximum atomic E-state index is 14.4. The molecule has 1 fully saturated rings. The second kappa shape index (κ2) is 12.8. The first kappa shape index (κ1) is 30.6. The van der Waals surface area contributed by atoms with Gasteiger partial charge >= 0.3 is 6.09 Å². The number of halogens is 2. The van der Waals surface area contributed by atoms with Crippen molar-refractivity contribution in [2.45, 2.75) is 31.8 Å². The van der Waals surface area contributed by atoms with E-state index in [1.165, 1.54) is 29.1 Å². The van der Waals surface area contributed by atoms with E-state index in [4.69, 9.17) is 21.9 Å². The lowest BCUT2D eigenvalue weighted by Crippen LogP contribution is -2.40. The summed E-state index contributed by atoms with van der Waals surface area (Å²) in [5.74, 6) is -2.29. The number of carbonyl (C=O) groups is 2. The van der Waals surface area contributed by atoms with E-state index < -0.39 is 17.7 Å². The standard InChI is InChI=1S/C30H30F2N10O3/c1-16(42-24-13-19(31)14-37-25(24)22(40-42)12-18-5-3-4-6-21(18)32)38-28(35)26(27(33)34)41(30(44)45-2)15-17-9-10-36-23(11-17)29(43)39-20-7-8-20/h3-6,9-11,13-14,20H,1,7-8,12,15,33-34H2,2H3,(H2,35,38)(H,39,43). The highest BCUT2D eigenvalue weighted by Crippen LogP contribution is 2.25. The molecule has 0 unspecified atom stereocenters. The molecule has 0 spiro atoms. The number of methoxy groups -OCH3 is 1. The van der Waals surface area contributed by atoms with Gasteiger partial charge in [0.25, 0.3) is 5.91 Å². The number of benzene rings is 1. The number of carbonyl (C=O) groups excluding carboxylic acids is 2. The van der Waals surface area contributed by atoms with Gasteiger partial charge in [-0.15, -0.1) is 0 Å². The van der Waals surface area contributed by atoms with Gasteiger partial charge in [-0.25, -0.2) is 28.2 Å². The van der Waals surface area contributed by atoms with Crippen LogP contribution in [0, 0.1) is 11.6 Å². The van der Waals surface area contributed by atoms with Crippen molar-refractivity contribution in [1.29, 1.82) is 0 Å². The van der Waals surface area contributed by atoms with Crippen molar-refractivity contribution in [1.82, 2.24) is 30.0 Å². The van der Waals surface area contributed by atoms with Crippen molar-refractivity contribution in [3.05, 3.63) is 107 Å². The highest BCUT2D eigenvalue weighted by atomic mass is 19.1. The maximum absolute atomic E-state index is 14.4. The summed E-state index contributed by atoms with van der Waals surface area (Å²) < 4.78 is 34.8. The molecule has 13 nitrogen and oxygen atoms in total. The Morgan fingerprint density at radius 2 is 1.91 bits per heavy atom. The minimum Gasteiger partial charge on any atom is -0.452 e. The molecule has 0 saturated heterocycles. The number of ether oxygens (including phenoxy) is 1. The molecule has 1 aromatic carbocycles. The Morgan fingerprint density at radius 1 is 1.16 bits per heavy atom. The van der Waals surface area contributed by atoms with Crippen LogP contribution in [0.3, 0.4) is 0 Å². The summed E-state index contributed by atoms with van der Waals surface area (Å²) in [6.45, 7) is 3.73. The van der Waals surface area contributed by atoms with E-state index in [9.17, 15) is 18.4 Å². The summed E-state index contributed by atoms with van der Waals surface area (Å²) in [5.41, 5.74) is 19.9. The zero-order valence-electron chi connectivity index (χ0n) is 24.2. The van der Waals surface area contributed by atoms with Crippen LogP contribution < -0.4 is 22.5 Å². The molecule has 232 valence electrons. The van der Waals surface area contributed by atoms with Gasteiger partial charge in [0.2, 0.25) is 0 Å². The molecule has 0 aliphatic heterocycles. The van der Waals surface area contributed by atoms with Crippen LogP contribution in [-0.2, 0) is 17.7 Å². The van der Waals surface area contributed by atoms with Crippen LogP contribution in [0.2, 0.25) is 0 Å². The van der Waals surface area contributed by atoms with Gasteiger partial charge in [-0.3, -0.25) is 14.7 Å². The van der Waals surface area contributed by atoms with Crippen LogP contribution in [0.1, 0.15) is 40.2 Å². The second-order valence-corrected chi connectivity index (χ2v) is 10.2. The lowest BCUT2D eigenvalue weighted by atomic mass is 10.1. The molecule has 3 heterocycles. The van der Waals surface area contributed by atoms with Gasteiger partial charge in [0.15, 0.2) is 5.84 Å². The summed E-state index contributed by atoms with van der Waals surface area (Å²) in [6, 6.07) is 10.6. The molecule has 2 amide bonds. The summed E-state index contributed by atoms with van der Waals surface area (Å²) in [5, 5.41) is 7.32. The lowest BCUT2D eigenvalue weighted by molar-refractivity contribution is 0.0946. The predicted molar refractivity (Wildman–Crippen MR) is 162 cm³/mol. The first-order valence-corrected chi connectivity index (χ1v) is 13.7. The molecule has 0 bridgehead atoms. The number of rotatable bonds is 10. The van der Waals surface area contributed by atoms with Crippen LogP contribution in [0.15, 0.2) is 77.9 Å². The molecule has 1 saturated carbocycles. The van der Waals surface area contributed by atoms with Crippen LogP contribution >= 0.6 is 0 Å². The SMILES string of the molecule is C=C(N=C(N)C(=C(N)N)N(Cc1ccnc(C(=O)NC2CC2)c1)C(=O)OC)n1nc(Cc2ccccc2F)c2ncc(F)cc21. The topological polar surface area (TPSA) is 193 Å². The number of pyridine rings is 2. The number of nitrogens with two attached hydrogens (primary N) is 3. The Kier molecular flexibility index (Phi) is 8.69. The third-order valence-corrected chi connectivity index (χ3v) is 6.86. The molecule has 1 aliphatic carbocycles. The molecule has 4 aromatic rings. The van der Waals surface area contributed by atoms with E-state index in [1.807, 2.05) is 0 Å². The zero-order chi connectivity index (χ0) is 32.2. The van der Waals surface area contributed by atoms with E-state index >= 15 is 0 Å². The molecule has 1 aliphatic rings. The molecular weight excluding hydrogens is 586 g/mol. The average molecular weight is 617 g/mol. The number of amides is 2. The molecule has 0 atom stereocenters. The van der Waals surface area contributed by atoms with Gasteiger partial charge in [-0.2, -0.15) is 5.10 Å². The predicted octanol–water partition coefficient (Wildman–Crippen LogP) is 2.73. The van der Waals surface area contributed by atoms with Crippen molar-refractivity contribution in [2.24, 2.45) is 22.2 Å². The third kappa shape index (κ3) is 6.87. The number of aliphatic imine (C=N–C) groups is 1. The molecule has 15 heteroatoms. The summed E-state index contributed by atoms with van der Waals surface area (Å²) >= 11 is 0. The molecule has 45 heavy (non-hydrogen) atoms. The highest BCUT2D eigenvalue weighted by Gasteiger charge is 2.27. The lowest BCUT2D eigenvalue weighted by Gasteiger charge is -2.24. The summed E-state index contributed by atoms with van der Waals surface area (Å²) in [7, 11) is 1.15. The number of nitrogens with one attached hydrogen (secondary N) is 1. The molecule has 0 radical (unpaired) electrons. The normalized spacial score (nSPS) is 12.9. The zero-order valence-corrected chi connectivity index (χ0v) is 24.2. The largest absolute Gasteiger partial charge is 0.452 e. The van der Waals surface area contributed by atoms with Crippen LogP contribution in [0.25, 0.3) is 16.9 Å². The van der Waals surface area contributed by atoms with E-state index in [-0.39, 0.29) is 59.3 Å². The van der Waals surface area contributed by atoms with Crippen LogP contribution in [0.5, 0.6) is 0 Å². The van der Waals surface area contributed by atoms with E-state index in [2.05, 4.69) is 32.0 Å². The van der Waals surface area contributed by atoms with E-state index in [0.717, 1.165) is 31.0 Å².